The van der Waals surface area contributed by atoms with Crippen molar-refractivity contribution >= 4 is 25.1 Å². The number of nitrogens with zero attached hydrogens (tertiary/aromatic N) is 5. The molecule has 0 radical (unpaired) electrons. The normalized spacial score (nSPS) is 17.9. The van der Waals surface area contributed by atoms with Gasteiger partial charge in [-0.25, -0.2) is 14.1 Å². The summed E-state index contributed by atoms with van der Waals surface area (Å²) in [5.74, 6) is -0.381. The summed E-state index contributed by atoms with van der Waals surface area (Å²) in [5.41, 5.74) is 5.68. The molecule has 1 aromatic carbocycles. The molecule has 0 amide bonds. The van der Waals surface area contributed by atoms with Gasteiger partial charge < -0.3 is 19.7 Å². The van der Waals surface area contributed by atoms with Crippen LogP contribution in [0.3, 0.4) is 0 Å². The topological polar surface area (TPSA) is 166 Å². The number of fused-ring (bicyclic) bond motifs is 1. The molecule has 4 rings (SSSR count). The second-order valence-electron chi connectivity index (χ2n) is 11.1. The number of nitrogens with two attached hydrogens (primary N) is 1. The number of halogens is 3. The number of piperidine rings is 1. The SMILES string of the molecule is CO[C@@](C#N)(CCc1ccc2c(N)ncnn12)COP(=O)(N[C@@H](C)C(=O)OCC1CCN(CC(F)(F)F)CC1)Oc1ccccc1. The Labute approximate surface area is 264 Å². The van der Waals surface area contributed by atoms with E-state index in [-0.39, 0.29) is 37.8 Å². The van der Waals surface area contributed by atoms with Crippen LogP contribution in [0.5, 0.6) is 5.75 Å². The average molecular weight is 668 g/mol. The molecule has 0 spiro atoms. The third-order valence-electron chi connectivity index (χ3n) is 7.65. The minimum absolute atomic E-state index is 0.00161. The number of carbonyl (C=O) groups is 1. The van der Waals surface area contributed by atoms with E-state index in [1.807, 2.05) is 0 Å². The summed E-state index contributed by atoms with van der Waals surface area (Å²) in [6.45, 7) is 0.439. The first-order chi connectivity index (χ1) is 21.8. The van der Waals surface area contributed by atoms with Crippen molar-refractivity contribution in [2.45, 2.75) is 50.4 Å². The summed E-state index contributed by atoms with van der Waals surface area (Å²) in [7, 11) is -3.00. The number of likely N-dealkylation sites (tertiary alicyclic amines) is 1. The molecular formula is C29H37F3N7O6P. The number of ether oxygens (including phenoxy) is 2. The second-order valence-corrected chi connectivity index (χ2v) is 12.8. The van der Waals surface area contributed by atoms with Crippen LogP contribution in [-0.4, -0.2) is 83.2 Å². The summed E-state index contributed by atoms with van der Waals surface area (Å²) < 4.78 is 76.1. The zero-order valence-corrected chi connectivity index (χ0v) is 26.4. The second kappa shape index (κ2) is 15.2. The van der Waals surface area contributed by atoms with Crippen LogP contribution in [0, 0.1) is 17.2 Å². The first kappa shape index (κ1) is 35.1. The highest BCUT2D eigenvalue weighted by atomic mass is 31.2. The van der Waals surface area contributed by atoms with Gasteiger partial charge >= 0.3 is 19.9 Å². The fourth-order valence-corrected chi connectivity index (χ4v) is 6.51. The number of hydrogen-bond acceptors (Lipinski definition) is 11. The van der Waals surface area contributed by atoms with Gasteiger partial charge in [0.2, 0.25) is 0 Å². The predicted octanol–water partition coefficient (Wildman–Crippen LogP) is 4.15. The summed E-state index contributed by atoms with van der Waals surface area (Å²) in [6, 6.07) is 12.6. The van der Waals surface area contributed by atoms with E-state index >= 15 is 0 Å². The van der Waals surface area contributed by atoms with Crippen molar-refractivity contribution in [1.82, 2.24) is 24.6 Å². The predicted molar refractivity (Wildman–Crippen MR) is 160 cm³/mol. The molecule has 1 aliphatic rings. The van der Waals surface area contributed by atoms with Gasteiger partial charge in [-0.15, -0.1) is 0 Å². The number of aromatic nitrogens is 3. The van der Waals surface area contributed by atoms with Crippen LogP contribution in [-0.2, 0) is 29.8 Å². The van der Waals surface area contributed by atoms with Crippen molar-refractivity contribution in [1.29, 1.82) is 5.26 Å². The van der Waals surface area contributed by atoms with E-state index in [1.54, 1.807) is 47.0 Å². The van der Waals surface area contributed by atoms with Gasteiger partial charge in [-0.3, -0.25) is 14.2 Å². The number of anilines is 1. The molecule has 3 atom stereocenters. The molecule has 0 bridgehead atoms. The zero-order valence-electron chi connectivity index (χ0n) is 25.5. The number of para-hydroxylation sites is 1. The van der Waals surface area contributed by atoms with E-state index in [1.165, 1.54) is 25.3 Å². The van der Waals surface area contributed by atoms with Crippen LogP contribution in [0.1, 0.15) is 31.9 Å². The number of alkyl halides is 3. The van der Waals surface area contributed by atoms with E-state index < -0.39 is 44.7 Å². The van der Waals surface area contributed by atoms with Crippen molar-refractivity contribution in [2.24, 2.45) is 5.92 Å². The number of nitrogens with one attached hydrogen (secondary N) is 1. The number of carbonyl (C=O) groups excluding carboxylic acids is 1. The molecule has 3 aromatic rings. The Bertz CT molecular complexity index is 1550. The highest BCUT2D eigenvalue weighted by Gasteiger charge is 2.39. The molecule has 1 saturated heterocycles. The van der Waals surface area contributed by atoms with E-state index in [0.29, 0.717) is 30.6 Å². The van der Waals surface area contributed by atoms with E-state index in [4.69, 9.17) is 24.3 Å². The average Bonchev–Trinajstić information content (AvgIpc) is 3.45. The fourth-order valence-electron chi connectivity index (χ4n) is 4.97. The van der Waals surface area contributed by atoms with Crippen molar-refractivity contribution in [3.63, 3.8) is 0 Å². The van der Waals surface area contributed by atoms with Gasteiger partial charge in [0.15, 0.2) is 11.4 Å². The Hall–Kier alpha value is -3.74. The van der Waals surface area contributed by atoms with Crippen molar-refractivity contribution in [3.05, 3.63) is 54.5 Å². The minimum Gasteiger partial charge on any atom is -0.464 e. The highest BCUT2D eigenvalue weighted by Crippen LogP contribution is 2.46. The van der Waals surface area contributed by atoms with Crippen LogP contribution in [0.15, 0.2) is 48.8 Å². The molecule has 1 unspecified atom stereocenters. The van der Waals surface area contributed by atoms with E-state index in [9.17, 15) is 27.8 Å². The molecular weight excluding hydrogens is 630 g/mol. The lowest BCUT2D eigenvalue weighted by atomic mass is 9.98. The van der Waals surface area contributed by atoms with E-state index in [0.717, 1.165) is 5.69 Å². The Balaban J connectivity index is 1.38. The number of hydrogen-bond donors (Lipinski definition) is 2. The molecule has 3 N–H and O–H groups in total. The molecule has 2 aromatic heterocycles. The maximum atomic E-state index is 14.0. The van der Waals surface area contributed by atoms with Crippen molar-refractivity contribution < 1.29 is 41.1 Å². The zero-order chi connectivity index (χ0) is 33.4. The third-order valence-corrected chi connectivity index (χ3v) is 9.28. The number of nitriles is 1. The maximum absolute atomic E-state index is 14.0. The van der Waals surface area contributed by atoms with Crippen molar-refractivity contribution in [3.8, 4) is 11.8 Å². The highest BCUT2D eigenvalue weighted by molar-refractivity contribution is 7.52. The molecule has 17 heteroatoms. The van der Waals surface area contributed by atoms with Gasteiger partial charge in [-0.1, -0.05) is 18.2 Å². The number of nitrogen functional groups attached to an aromatic ring is 1. The Morgan fingerprint density at radius 1 is 1.22 bits per heavy atom. The van der Waals surface area contributed by atoms with Crippen LogP contribution < -0.4 is 15.3 Å². The summed E-state index contributed by atoms with van der Waals surface area (Å²) in [6.07, 6.45) is -1.65. The first-order valence-corrected chi connectivity index (χ1v) is 16.1. The van der Waals surface area contributed by atoms with Gasteiger partial charge in [0.25, 0.3) is 0 Å². The van der Waals surface area contributed by atoms with Gasteiger partial charge in [-0.2, -0.15) is 28.6 Å². The molecule has 0 saturated carbocycles. The Morgan fingerprint density at radius 3 is 2.59 bits per heavy atom. The lowest BCUT2D eigenvalue weighted by molar-refractivity contribution is -0.151. The number of benzene rings is 1. The van der Waals surface area contributed by atoms with Gasteiger partial charge in [0.05, 0.1) is 13.2 Å². The molecule has 1 aliphatic heterocycles. The fraction of sp³-hybridized carbons (Fsp3) is 0.517. The summed E-state index contributed by atoms with van der Waals surface area (Å²) in [5, 5.41) is 16.9. The smallest absolute Gasteiger partial charge is 0.459 e. The van der Waals surface area contributed by atoms with Crippen LogP contribution in [0.4, 0.5) is 19.0 Å². The maximum Gasteiger partial charge on any atom is 0.459 e. The number of methoxy groups -OCH3 is 1. The minimum atomic E-state index is -4.33. The third kappa shape index (κ3) is 9.63. The van der Waals surface area contributed by atoms with Gasteiger partial charge in [0.1, 0.15) is 36.3 Å². The summed E-state index contributed by atoms with van der Waals surface area (Å²) >= 11 is 0. The van der Waals surface area contributed by atoms with Crippen LogP contribution in [0.2, 0.25) is 0 Å². The molecule has 250 valence electrons. The largest absolute Gasteiger partial charge is 0.464 e. The Kier molecular flexibility index (Phi) is 11.6. The van der Waals surface area contributed by atoms with Crippen LogP contribution in [0.25, 0.3) is 5.52 Å². The lowest BCUT2D eigenvalue weighted by Gasteiger charge is -2.32. The van der Waals surface area contributed by atoms with E-state index in [2.05, 4.69) is 21.2 Å². The van der Waals surface area contributed by atoms with Crippen LogP contribution >= 0.6 is 7.75 Å². The number of rotatable bonds is 15. The first-order valence-electron chi connectivity index (χ1n) is 14.6. The lowest BCUT2D eigenvalue weighted by Crippen LogP contribution is -2.42. The molecule has 13 nitrogen and oxygen atoms in total. The summed E-state index contributed by atoms with van der Waals surface area (Å²) in [4.78, 5) is 18.2. The van der Waals surface area contributed by atoms with Gasteiger partial charge in [0, 0.05) is 12.8 Å². The Morgan fingerprint density at radius 2 is 1.93 bits per heavy atom. The molecule has 3 heterocycles. The monoisotopic (exact) mass is 667 g/mol. The molecule has 1 fully saturated rings. The molecule has 0 aliphatic carbocycles. The van der Waals surface area contributed by atoms with Gasteiger partial charge in [-0.05, 0) is 75.9 Å². The standard InChI is InChI=1S/C29H37F3N7O6P/c1-21(27(40)43-16-22-11-14-38(15-12-22)18-29(30,31)32)37-46(41,45-24-6-4-3-5-7-24)44-19-28(17-33,42-2)13-10-23-8-9-25-26(34)35-20-36-39(23)25/h3-9,20-22H,10-16,18-19H2,1-2H3,(H,37,41)(H2,34,35,36)/t21-,28+,46?/m0/s1. The van der Waals surface area contributed by atoms with Crippen molar-refractivity contribution in [2.75, 3.05) is 45.7 Å². The number of esters is 1. The molecule has 46 heavy (non-hydrogen) atoms. The number of aryl methyl sites for hydroxylation is 1. The quantitative estimate of drug-likeness (QED) is 0.176.